The minimum atomic E-state index is -0.985. The van der Waals surface area contributed by atoms with Crippen molar-refractivity contribution in [2.24, 2.45) is 0 Å². The first-order chi connectivity index (χ1) is 9.09. The van der Waals surface area contributed by atoms with Crippen LogP contribution in [0.4, 0.5) is 0 Å². The van der Waals surface area contributed by atoms with E-state index in [0.29, 0.717) is 18.7 Å². The molecule has 2 N–H and O–H groups in total. The number of fused-ring (bicyclic) bond motifs is 3. The number of aryl methyl sites for hydroxylation is 1. The molecule has 2 heterocycles. The summed E-state index contributed by atoms with van der Waals surface area (Å²) in [6.45, 7) is 4.49. The van der Waals surface area contributed by atoms with Gasteiger partial charge in [-0.2, -0.15) is 5.10 Å². The molecule has 1 aromatic carbocycles. The number of ether oxygens (including phenoxy) is 1. The van der Waals surface area contributed by atoms with Gasteiger partial charge < -0.3 is 9.84 Å². The molecule has 1 aromatic heterocycles. The quantitative estimate of drug-likeness (QED) is 0.823. The summed E-state index contributed by atoms with van der Waals surface area (Å²) in [5.74, 6) is -0.178. The Bertz CT molecular complexity index is 674. The van der Waals surface area contributed by atoms with Gasteiger partial charge >= 0.3 is 5.97 Å². The molecule has 0 bridgehead atoms. The van der Waals surface area contributed by atoms with Gasteiger partial charge in [-0.3, -0.25) is 5.10 Å². The third-order valence-corrected chi connectivity index (χ3v) is 3.61. The summed E-state index contributed by atoms with van der Waals surface area (Å²) in [4.78, 5) is 11.2. The summed E-state index contributed by atoms with van der Waals surface area (Å²) >= 11 is 0. The van der Waals surface area contributed by atoms with E-state index in [-0.39, 0.29) is 5.69 Å². The third kappa shape index (κ3) is 1.69. The molecule has 0 amide bonds. The Balaban J connectivity index is 2.26. The van der Waals surface area contributed by atoms with E-state index < -0.39 is 5.97 Å². The first kappa shape index (κ1) is 11.8. The highest BCUT2D eigenvalue weighted by atomic mass is 16.5. The minimum absolute atomic E-state index is 0.157. The molecular formula is C14H14N2O3. The Kier molecular flexibility index (Phi) is 2.55. The van der Waals surface area contributed by atoms with Crippen molar-refractivity contribution in [3.05, 3.63) is 34.5 Å². The Hall–Kier alpha value is -2.30. The molecule has 0 saturated carbocycles. The van der Waals surface area contributed by atoms with E-state index in [9.17, 15) is 4.79 Å². The number of aromatic carboxylic acids is 1. The van der Waals surface area contributed by atoms with Crippen molar-refractivity contribution < 1.29 is 14.6 Å². The summed E-state index contributed by atoms with van der Waals surface area (Å²) in [6, 6.07) is 3.94. The SMILES string of the molecule is Cc1ccc2c(c1C)OCCc1c-2n[nH]c1C(=O)O. The van der Waals surface area contributed by atoms with E-state index in [1.807, 2.05) is 26.0 Å². The van der Waals surface area contributed by atoms with Gasteiger partial charge in [-0.25, -0.2) is 4.79 Å². The monoisotopic (exact) mass is 258 g/mol. The Labute approximate surface area is 110 Å². The number of carbonyl (C=O) groups is 1. The van der Waals surface area contributed by atoms with E-state index in [0.717, 1.165) is 28.0 Å². The van der Waals surface area contributed by atoms with E-state index in [2.05, 4.69) is 10.2 Å². The predicted octanol–water partition coefficient (Wildman–Crippen LogP) is 2.33. The van der Waals surface area contributed by atoms with E-state index in [1.54, 1.807) is 0 Å². The second-order valence-electron chi connectivity index (χ2n) is 4.71. The van der Waals surface area contributed by atoms with Crippen LogP contribution in [0, 0.1) is 13.8 Å². The molecule has 3 rings (SSSR count). The van der Waals surface area contributed by atoms with Crippen LogP contribution in [0.3, 0.4) is 0 Å². The molecule has 0 fully saturated rings. The molecule has 0 aliphatic carbocycles. The first-order valence-electron chi connectivity index (χ1n) is 6.13. The van der Waals surface area contributed by atoms with E-state index in [4.69, 9.17) is 9.84 Å². The number of aromatic amines is 1. The Morgan fingerprint density at radius 3 is 2.95 bits per heavy atom. The number of H-pyrrole nitrogens is 1. The number of hydrogen-bond acceptors (Lipinski definition) is 3. The lowest BCUT2D eigenvalue weighted by atomic mass is 9.99. The van der Waals surface area contributed by atoms with Gasteiger partial charge in [0.2, 0.25) is 0 Å². The van der Waals surface area contributed by atoms with Crippen LogP contribution in [0.15, 0.2) is 12.1 Å². The van der Waals surface area contributed by atoms with Crippen molar-refractivity contribution in [3.8, 4) is 17.0 Å². The average molecular weight is 258 g/mol. The highest BCUT2D eigenvalue weighted by molar-refractivity contribution is 5.90. The Morgan fingerprint density at radius 2 is 2.21 bits per heavy atom. The maximum atomic E-state index is 11.2. The van der Waals surface area contributed by atoms with Crippen molar-refractivity contribution in [2.45, 2.75) is 20.3 Å². The van der Waals surface area contributed by atoms with Crippen LogP contribution in [-0.2, 0) is 6.42 Å². The van der Waals surface area contributed by atoms with Crippen molar-refractivity contribution in [1.82, 2.24) is 10.2 Å². The number of aromatic nitrogens is 2. The molecule has 0 radical (unpaired) electrons. The van der Waals surface area contributed by atoms with Gasteiger partial charge in [0.05, 0.1) is 12.3 Å². The van der Waals surface area contributed by atoms with Gasteiger partial charge in [-0.1, -0.05) is 6.07 Å². The highest BCUT2D eigenvalue weighted by Crippen LogP contribution is 2.38. The van der Waals surface area contributed by atoms with Gasteiger partial charge in [0.1, 0.15) is 11.4 Å². The summed E-state index contributed by atoms with van der Waals surface area (Å²) < 4.78 is 5.79. The van der Waals surface area contributed by atoms with Crippen LogP contribution >= 0.6 is 0 Å². The van der Waals surface area contributed by atoms with Gasteiger partial charge in [0, 0.05) is 17.5 Å². The lowest BCUT2D eigenvalue weighted by molar-refractivity contribution is 0.0689. The van der Waals surface area contributed by atoms with Crippen molar-refractivity contribution >= 4 is 5.97 Å². The lowest BCUT2D eigenvalue weighted by Crippen LogP contribution is -2.05. The molecule has 5 nitrogen and oxygen atoms in total. The molecule has 0 unspecified atom stereocenters. The fourth-order valence-electron chi connectivity index (χ4n) is 2.43. The zero-order chi connectivity index (χ0) is 13.6. The van der Waals surface area contributed by atoms with Gasteiger partial charge in [-0.05, 0) is 31.0 Å². The molecule has 0 atom stereocenters. The number of carboxylic acid groups (broad SMARTS) is 1. The smallest absolute Gasteiger partial charge is 0.354 e. The summed E-state index contributed by atoms with van der Waals surface area (Å²) in [7, 11) is 0. The number of benzene rings is 1. The number of nitrogens with zero attached hydrogens (tertiary/aromatic N) is 1. The van der Waals surface area contributed by atoms with Crippen molar-refractivity contribution in [3.63, 3.8) is 0 Å². The number of carboxylic acids is 1. The predicted molar refractivity (Wildman–Crippen MR) is 69.7 cm³/mol. The normalized spacial score (nSPS) is 13.2. The molecule has 0 saturated heterocycles. The number of hydrogen-bond donors (Lipinski definition) is 2. The highest BCUT2D eigenvalue weighted by Gasteiger charge is 2.25. The maximum absolute atomic E-state index is 11.2. The van der Waals surface area contributed by atoms with Gasteiger partial charge in [-0.15, -0.1) is 0 Å². The fourth-order valence-corrected chi connectivity index (χ4v) is 2.43. The van der Waals surface area contributed by atoms with Crippen LogP contribution in [0.5, 0.6) is 5.75 Å². The molecule has 5 heteroatoms. The molecule has 1 aliphatic rings. The molecule has 98 valence electrons. The minimum Gasteiger partial charge on any atom is -0.492 e. The molecule has 1 aliphatic heterocycles. The third-order valence-electron chi connectivity index (χ3n) is 3.61. The van der Waals surface area contributed by atoms with E-state index in [1.165, 1.54) is 0 Å². The summed E-state index contributed by atoms with van der Waals surface area (Å²) in [5, 5.41) is 15.9. The first-order valence-corrected chi connectivity index (χ1v) is 6.13. The summed E-state index contributed by atoms with van der Waals surface area (Å²) in [5.41, 5.74) is 4.65. The second kappa shape index (κ2) is 4.12. The number of nitrogens with one attached hydrogen (secondary N) is 1. The van der Waals surface area contributed by atoms with Crippen LogP contribution in [0.2, 0.25) is 0 Å². The van der Waals surface area contributed by atoms with Crippen LogP contribution in [-0.4, -0.2) is 27.9 Å². The zero-order valence-electron chi connectivity index (χ0n) is 10.8. The topological polar surface area (TPSA) is 75.2 Å². The largest absolute Gasteiger partial charge is 0.492 e. The molecule has 19 heavy (non-hydrogen) atoms. The lowest BCUT2D eigenvalue weighted by Gasteiger charge is -2.12. The maximum Gasteiger partial charge on any atom is 0.354 e. The van der Waals surface area contributed by atoms with Crippen molar-refractivity contribution in [1.29, 1.82) is 0 Å². The standard InChI is InChI=1S/C14H14N2O3/c1-7-3-4-10-11-9(12(14(17)18)16-15-11)5-6-19-13(10)8(7)2/h3-4H,5-6H2,1-2H3,(H,15,16)(H,17,18). The van der Waals surface area contributed by atoms with Crippen LogP contribution < -0.4 is 4.74 Å². The van der Waals surface area contributed by atoms with E-state index >= 15 is 0 Å². The van der Waals surface area contributed by atoms with Crippen LogP contribution in [0.25, 0.3) is 11.3 Å². The second-order valence-corrected chi connectivity index (χ2v) is 4.71. The average Bonchev–Trinajstić information content (AvgIpc) is 2.70. The fraction of sp³-hybridized carbons (Fsp3) is 0.286. The zero-order valence-corrected chi connectivity index (χ0v) is 10.8. The van der Waals surface area contributed by atoms with Gasteiger partial charge in [0.25, 0.3) is 0 Å². The molecular weight excluding hydrogens is 244 g/mol. The van der Waals surface area contributed by atoms with Crippen LogP contribution in [0.1, 0.15) is 27.2 Å². The molecule has 2 aromatic rings. The number of rotatable bonds is 1. The van der Waals surface area contributed by atoms with Crippen molar-refractivity contribution in [2.75, 3.05) is 6.61 Å². The Morgan fingerprint density at radius 1 is 1.42 bits per heavy atom. The summed E-state index contributed by atoms with van der Waals surface area (Å²) in [6.07, 6.45) is 0.542. The molecule has 0 spiro atoms. The van der Waals surface area contributed by atoms with Gasteiger partial charge in [0.15, 0.2) is 0 Å².